The Hall–Kier alpha value is -1.24. The van der Waals surface area contributed by atoms with Gasteiger partial charge in [0.15, 0.2) is 5.12 Å². The topological polar surface area (TPSA) is 44.8 Å². The molecule has 1 aromatic carbocycles. The number of para-hydroxylation sites is 1. The van der Waals surface area contributed by atoms with Gasteiger partial charge in [-0.15, -0.1) is 0 Å². The van der Waals surface area contributed by atoms with E-state index in [9.17, 15) is 4.79 Å². The fraction of sp³-hybridized carbons (Fsp3) is 0.500. The lowest BCUT2D eigenvalue weighted by molar-refractivity contribution is -0.109. The summed E-state index contributed by atoms with van der Waals surface area (Å²) < 4.78 is 17.7. The average Bonchev–Trinajstić information content (AvgIpc) is 2.71. The summed E-state index contributed by atoms with van der Waals surface area (Å²) in [5, 5.41) is 0.0671. The van der Waals surface area contributed by atoms with Crippen LogP contribution in [-0.2, 0) is 14.1 Å². The van der Waals surface area contributed by atoms with Crippen LogP contribution in [0.1, 0.15) is 40.2 Å². The maximum Gasteiger partial charge on any atom is 0.491 e. The lowest BCUT2D eigenvalue weighted by Crippen LogP contribution is -2.41. The Morgan fingerprint density at radius 1 is 1.21 bits per heavy atom. The summed E-state index contributed by atoms with van der Waals surface area (Å²) in [7, 11) is 1.16. The molecule has 0 radical (unpaired) electrons. The van der Waals surface area contributed by atoms with Gasteiger partial charge in [-0.1, -0.05) is 36.0 Å². The Kier molecular flexibility index (Phi) is 5.84. The standard InChI is InChI=1S/C18H25BO4S/c1-13(20)24-12-15(11-14-9-7-8-10-16(14)21-6)19-22-17(2,3)18(4,5)23-19/h7-11H,12H2,1-6H3. The summed E-state index contributed by atoms with van der Waals surface area (Å²) in [6.07, 6.45) is 2.00. The zero-order valence-corrected chi connectivity index (χ0v) is 16.0. The molecule has 6 heteroatoms. The van der Waals surface area contributed by atoms with Gasteiger partial charge < -0.3 is 14.0 Å². The van der Waals surface area contributed by atoms with Crippen LogP contribution in [0.5, 0.6) is 5.75 Å². The summed E-state index contributed by atoms with van der Waals surface area (Å²) in [4.78, 5) is 11.4. The molecule has 1 fully saturated rings. The third kappa shape index (κ3) is 4.24. The molecular formula is C18H25BO4S. The maximum absolute atomic E-state index is 11.4. The highest BCUT2D eigenvalue weighted by atomic mass is 32.2. The molecule has 0 N–H and O–H groups in total. The summed E-state index contributed by atoms with van der Waals surface area (Å²) >= 11 is 1.25. The van der Waals surface area contributed by atoms with Crippen LogP contribution < -0.4 is 4.74 Å². The first-order valence-corrected chi connectivity index (χ1v) is 8.97. The maximum atomic E-state index is 11.4. The average molecular weight is 348 g/mol. The highest BCUT2D eigenvalue weighted by Gasteiger charge is 2.52. The molecule has 0 atom stereocenters. The molecule has 1 saturated heterocycles. The molecule has 0 aromatic heterocycles. The molecule has 24 heavy (non-hydrogen) atoms. The first-order chi connectivity index (χ1) is 11.2. The fourth-order valence-electron chi connectivity index (χ4n) is 2.34. The molecule has 0 saturated carbocycles. The van der Waals surface area contributed by atoms with Crippen molar-refractivity contribution in [2.75, 3.05) is 12.9 Å². The summed E-state index contributed by atoms with van der Waals surface area (Å²) in [6.45, 7) is 9.64. The van der Waals surface area contributed by atoms with Crippen molar-refractivity contribution in [3.63, 3.8) is 0 Å². The quantitative estimate of drug-likeness (QED) is 0.753. The first-order valence-electron chi connectivity index (χ1n) is 7.99. The largest absolute Gasteiger partial charge is 0.496 e. The third-order valence-corrected chi connectivity index (χ3v) is 5.36. The predicted octanol–water partition coefficient (Wildman–Crippen LogP) is 3.99. The first kappa shape index (κ1) is 19.1. The SMILES string of the molecule is COc1ccccc1C=C(CSC(C)=O)B1OC(C)(C)C(C)(C)O1. The van der Waals surface area contributed by atoms with E-state index >= 15 is 0 Å². The smallest absolute Gasteiger partial charge is 0.491 e. The minimum absolute atomic E-state index is 0.0671. The second-order valence-electron chi connectivity index (χ2n) is 6.83. The van der Waals surface area contributed by atoms with Crippen molar-refractivity contribution in [3.8, 4) is 5.75 Å². The number of thioether (sulfide) groups is 1. The van der Waals surface area contributed by atoms with Crippen LogP contribution in [0.3, 0.4) is 0 Å². The predicted molar refractivity (Wildman–Crippen MR) is 100 cm³/mol. The van der Waals surface area contributed by atoms with Gasteiger partial charge in [-0.25, -0.2) is 0 Å². The lowest BCUT2D eigenvalue weighted by atomic mass is 9.78. The molecule has 0 spiro atoms. The van der Waals surface area contributed by atoms with Gasteiger partial charge in [0.05, 0.1) is 18.3 Å². The van der Waals surface area contributed by atoms with Crippen molar-refractivity contribution in [2.45, 2.75) is 45.8 Å². The highest BCUT2D eigenvalue weighted by Crippen LogP contribution is 2.39. The Bertz CT molecular complexity index is 624. The van der Waals surface area contributed by atoms with Gasteiger partial charge in [-0.2, -0.15) is 0 Å². The van der Waals surface area contributed by atoms with Crippen molar-refractivity contribution in [2.24, 2.45) is 0 Å². The number of carbonyl (C=O) groups excluding carboxylic acids is 1. The van der Waals surface area contributed by atoms with Crippen LogP contribution in [0.4, 0.5) is 0 Å². The van der Waals surface area contributed by atoms with Gasteiger partial charge in [0, 0.05) is 18.2 Å². The Morgan fingerprint density at radius 2 is 1.79 bits per heavy atom. The van der Waals surface area contributed by atoms with Gasteiger partial charge in [0.1, 0.15) is 5.75 Å². The van der Waals surface area contributed by atoms with Crippen molar-refractivity contribution < 1.29 is 18.8 Å². The molecule has 1 aromatic rings. The van der Waals surface area contributed by atoms with Crippen molar-refractivity contribution in [1.29, 1.82) is 0 Å². The molecule has 2 rings (SSSR count). The second kappa shape index (κ2) is 7.34. The zero-order chi connectivity index (χ0) is 18.0. The van der Waals surface area contributed by atoms with Gasteiger partial charge in [0.2, 0.25) is 0 Å². The molecule has 1 heterocycles. The van der Waals surface area contributed by atoms with E-state index in [1.807, 2.05) is 58.0 Å². The van der Waals surface area contributed by atoms with E-state index in [2.05, 4.69) is 0 Å². The van der Waals surface area contributed by atoms with Crippen LogP contribution >= 0.6 is 11.8 Å². The molecular weight excluding hydrogens is 323 g/mol. The number of hydrogen-bond acceptors (Lipinski definition) is 5. The number of benzene rings is 1. The summed E-state index contributed by atoms with van der Waals surface area (Å²) in [6, 6.07) is 7.76. The molecule has 1 aliphatic heterocycles. The molecule has 130 valence electrons. The number of carbonyl (C=O) groups is 1. The normalized spacial score (nSPS) is 19.4. The molecule has 1 aliphatic rings. The highest BCUT2D eigenvalue weighted by molar-refractivity contribution is 8.13. The Labute approximate surface area is 149 Å². The van der Waals surface area contributed by atoms with Gasteiger partial charge in [-0.3, -0.25) is 4.79 Å². The van der Waals surface area contributed by atoms with Crippen molar-refractivity contribution >= 4 is 30.1 Å². The molecule has 4 nitrogen and oxygen atoms in total. The zero-order valence-electron chi connectivity index (χ0n) is 15.2. The Balaban J connectivity index is 2.35. The third-order valence-electron chi connectivity index (χ3n) is 4.48. The van der Waals surface area contributed by atoms with Crippen LogP contribution in [0.15, 0.2) is 29.7 Å². The molecule has 0 unspecified atom stereocenters. The minimum atomic E-state index is -0.480. The second-order valence-corrected chi connectivity index (χ2v) is 7.98. The monoisotopic (exact) mass is 348 g/mol. The number of rotatable bonds is 5. The van der Waals surface area contributed by atoms with Crippen molar-refractivity contribution in [3.05, 3.63) is 35.3 Å². The van der Waals surface area contributed by atoms with Crippen LogP contribution in [0, 0.1) is 0 Å². The van der Waals surface area contributed by atoms with E-state index in [-0.39, 0.29) is 5.12 Å². The van der Waals surface area contributed by atoms with E-state index in [0.717, 1.165) is 16.8 Å². The van der Waals surface area contributed by atoms with Gasteiger partial charge in [0.25, 0.3) is 0 Å². The Morgan fingerprint density at radius 3 is 2.33 bits per heavy atom. The number of hydrogen-bond donors (Lipinski definition) is 0. The lowest BCUT2D eigenvalue weighted by Gasteiger charge is -2.32. The summed E-state index contributed by atoms with van der Waals surface area (Å²) in [5.74, 6) is 1.30. The van der Waals surface area contributed by atoms with Gasteiger partial charge in [-0.05, 0) is 39.2 Å². The molecule has 0 aliphatic carbocycles. The fourth-order valence-corrected chi connectivity index (χ4v) is 2.93. The molecule has 0 amide bonds. The van der Waals surface area contributed by atoms with E-state index in [4.69, 9.17) is 14.0 Å². The van der Waals surface area contributed by atoms with E-state index in [1.54, 1.807) is 14.0 Å². The van der Waals surface area contributed by atoms with E-state index in [1.165, 1.54) is 11.8 Å². The summed E-state index contributed by atoms with van der Waals surface area (Å²) in [5.41, 5.74) is 1.02. The molecule has 0 bridgehead atoms. The van der Waals surface area contributed by atoms with Gasteiger partial charge >= 0.3 is 7.12 Å². The van der Waals surface area contributed by atoms with Crippen LogP contribution in [0.2, 0.25) is 0 Å². The number of methoxy groups -OCH3 is 1. The van der Waals surface area contributed by atoms with Crippen LogP contribution in [0.25, 0.3) is 6.08 Å². The van der Waals surface area contributed by atoms with E-state index < -0.39 is 18.3 Å². The van der Waals surface area contributed by atoms with Crippen molar-refractivity contribution in [1.82, 2.24) is 0 Å². The number of ether oxygens (including phenoxy) is 1. The van der Waals surface area contributed by atoms with Crippen LogP contribution in [-0.4, -0.2) is 36.3 Å². The minimum Gasteiger partial charge on any atom is -0.496 e. The van der Waals surface area contributed by atoms with E-state index in [0.29, 0.717) is 5.75 Å².